The fourth-order valence-electron chi connectivity index (χ4n) is 1.82. The molecule has 3 amide bonds. The van der Waals surface area contributed by atoms with Crippen LogP contribution in [0.1, 0.15) is 6.92 Å². The van der Waals surface area contributed by atoms with Crippen LogP contribution in [0, 0.1) is 0 Å². The average Bonchev–Trinajstić information content (AvgIpc) is 2.32. The van der Waals surface area contributed by atoms with Crippen LogP contribution in [0.4, 0.5) is 10.5 Å². The Bertz CT molecular complexity index is 478. The minimum absolute atomic E-state index is 0.120. The quantitative estimate of drug-likeness (QED) is 0.831. The number of carbonyl (C=O) groups is 2. The van der Waals surface area contributed by atoms with Crippen LogP contribution < -0.4 is 10.6 Å². The normalized spacial score (nSPS) is 19.3. The molecule has 96 valence electrons. The van der Waals surface area contributed by atoms with Crippen molar-refractivity contribution in [1.29, 1.82) is 0 Å². The van der Waals surface area contributed by atoms with E-state index in [-0.39, 0.29) is 11.9 Å². The Balaban J connectivity index is 2.05. The summed E-state index contributed by atoms with van der Waals surface area (Å²) in [5.41, 5.74) is 0.701. The molecule has 5 nitrogen and oxygen atoms in total. The standard InChI is InChI=1S/C12H14BrN3O2/c1-8-11(17)14-5-6-16(8)12(18)15-10-4-2-3-9(13)7-10/h2-4,7-8H,5-6H2,1H3,(H,14,17)(H,15,18). The number of halogens is 1. The van der Waals surface area contributed by atoms with Gasteiger partial charge >= 0.3 is 6.03 Å². The smallest absolute Gasteiger partial charge is 0.322 e. The number of hydrogen-bond donors (Lipinski definition) is 2. The van der Waals surface area contributed by atoms with E-state index in [1.54, 1.807) is 13.0 Å². The number of piperazine rings is 1. The zero-order valence-electron chi connectivity index (χ0n) is 9.94. The van der Waals surface area contributed by atoms with Crippen LogP contribution in [0.25, 0.3) is 0 Å². The summed E-state index contributed by atoms with van der Waals surface area (Å²) in [5, 5.41) is 5.50. The van der Waals surface area contributed by atoms with Crippen molar-refractivity contribution < 1.29 is 9.59 Å². The number of amides is 3. The van der Waals surface area contributed by atoms with Crippen molar-refractivity contribution in [3.63, 3.8) is 0 Å². The topological polar surface area (TPSA) is 61.4 Å². The summed E-state index contributed by atoms with van der Waals surface area (Å²) in [7, 11) is 0. The zero-order valence-corrected chi connectivity index (χ0v) is 11.5. The highest BCUT2D eigenvalue weighted by Crippen LogP contribution is 2.16. The van der Waals surface area contributed by atoms with Gasteiger partial charge in [-0.2, -0.15) is 0 Å². The molecule has 18 heavy (non-hydrogen) atoms. The van der Waals surface area contributed by atoms with Crippen molar-refractivity contribution in [1.82, 2.24) is 10.2 Å². The minimum Gasteiger partial charge on any atom is -0.353 e. The van der Waals surface area contributed by atoms with Gasteiger partial charge in [-0.25, -0.2) is 4.79 Å². The van der Waals surface area contributed by atoms with Crippen LogP contribution in [-0.4, -0.2) is 36.0 Å². The monoisotopic (exact) mass is 311 g/mol. The number of carbonyl (C=O) groups excluding carboxylic acids is 2. The van der Waals surface area contributed by atoms with Crippen molar-refractivity contribution in [2.75, 3.05) is 18.4 Å². The molecule has 0 aliphatic carbocycles. The van der Waals surface area contributed by atoms with E-state index in [0.29, 0.717) is 18.8 Å². The van der Waals surface area contributed by atoms with Gasteiger partial charge in [0.05, 0.1) is 0 Å². The summed E-state index contributed by atoms with van der Waals surface area (Å²) in [6.07, 6.45) is 0. The van der Waals surface area contributed by atoms with Gasteiger partial charge in [0.25, 0.3) is 0 Å². The highest BCUT2D eigenvalue weighted by atomic mass is 79.9. The average molecular weight is 312 g/mol. The lowest BCUT2D eigenvalue weighted by molar-refractivity contribution is -0.126. The van der Waals surface area contributed by atoms with E-state index in [1.807, 2.05) is 18.2 Å². The Morgan fingerprint density at radius 1 is 1.56 bits per heavy atom. The minimum atomic E-state index is -0.439. The van der Waals surface area contributed by atoms with Gasteiger partial charge in [0.1, 0.15) is 6.04 Å². The molecule has 0 radical (unpaired) electrons. The predicted molar refractivity (Wildman–Crippen MR) is 72.3 cm³/mol. The summed E-state index contributed by atoms with van der Waals surface area (Å²) >= 11 is 3.34. The molecule has 0 aromatic heterocycles. The highest BCUT2D eigenvalue weighted by Gasteiger charge is 2.29. The van der Waals surface area contributed by atoms with E-state index in [2.05, 4.69) is 26.6 Å². The number of benzene rings is 1. The third-order valence-electron chi connectivity index (χ3n) is 2.84. The summed E-state index contributed by atoms with van der Waals surface area (Å²) in [5.74, 6) is -0.120. The Morgan fingerprint density at radius 3 is 3.06 bits per heavy atom. The van der Waals surface area contributed by atoms with Crippen molar-refractivity contribution in [2.24, 2.45) is 0 Å². The molecule has 2 N–H and O–H groups in total. The molecular formula is C12H14BrN3O2. The molecule has 6 heteroatoms. The van der Waals surface area contributed by atoms with Gasteiger partial charge in [-0.1, -0.05) is 22.0 Å². The van der Waals surface area contributed by atoms with Crippen LogP contribution in [0.15, 0.2) is 28.7 Å². The van der Waals surface area contributed by atoms with Crippen LogP contribution in [-0.2, 0) is 4.79 Å². The molecule has 0 saturated carbocycles. The van der Waals surface area contributed by atoms with E-state index in [9.17, 15) is 9.59 Å². The molecule has 2 rings (SSSR count). The predicted octanol–water partition coefficient (Wildman–Crippen LogP) is 1.80. The number of anilines is 1. The first-order valence-corrected chi connectivity index (χ1v) is 6.48. The maximum Gasteiger partial charge on any atom is 0.322 e. The molecule has 1 fully saturated rings. The SMILES string of the molecule is CC1C(=O)NCCN1C(=O)Nc1cccc(Br)c1. The maximum atomic E-state index is 12.1. The summed E-state index contributed by atoms with van der Waals surface area (Å²) in [4.78, 5) is 25.1. The molecule has 1 aromatic rings. The first kappa shape index (κ1) is 12.9. The summed E-state index contributed by atoms with van der Waals surface area (Å²) in [6.45, 7) is 2.73. The summed E-state index contributed by atoms with van der Waals surface area (Å²) < 4.78 is 0.893. The number of rotatable bonds is 1. The fraction of sp³-hybridized carbons (Fsp3) is 0.333. The third-order valence-corrected chi connectivity index (χ3v) is 3.33. The van der Waals surface area contributed by atoms with Gasteiger partial charge in [-0.15, -0.1) is 0 Å². The second kappa shape index (κ2) is 5.39. The van der Waals surface area contributed by atoms with Gasteiger partial charge in [-0.05, 0) is 25.1 Å². The molecule has 1 unspecified atom stereocenters. The van der Waals surface area contributed by atoms with Crippen molar-refractivity contribution in [2.45, 2.75) is 13.0 Å². The first-order valence-electron chi connectivity index (χ1n) is 5.69. The Kier molecular flexibility index (Phi) is 3.86. The zero-order chi connectivity index (χ0) is 13.1. The first-order chi connectivity index (χ1) is 8.58. The number of urea groups is 1. The third kappa shape index (κ3) is 2.81. The van der Waals surface area contributed by atoms with Crippen molar-refractivity contribution >= 4 is 33.6 Å². The Labute approximate surface area is 114 Å². The molecule has 0 spiro atoms. The van der Waals surface area contributed by atoms with Crippen LogP contribution in [0.5, 0.6) is 0 Å². The fourth-order valence-corrected chi connectivity index (χ4v) is 2.22. The van der Waals surface area contributed by atoms with Gasteiger partial charge < -0.3 is 15.5 Å². The van der Waals surface area contributed by atoms with Gasteiger partial charge in [0.2, 0.25) is 5.91 Å². The number of nitrogens with one attached hydrogen (secondary N) is 2. The lowest BCUT2D eigenvalue weighted by atomic mass is 10.2. The molecular weight excluding hydrogens is 298 g/mol. The van der Waals surface area contributed by atoms with E-state index >= 15 is 0 Å². The molecule has 1 heterocycles. The maximum absolute atomic E-state index is 12.1. The van der Waals surface area contributed by atoms with E-state index in [0.717, 1.165) is 4.47 Å². The molecule has 1 atom stereocenters. The summed E-state index contributed by atoms with van der Waals surface area (Å²) in [6, 6.07) is 6.64. The Morgan fingerprint density at radius 2 is 2.33 bits per heavy atom. The molecule has 1 aromatic carbocycles. The largest absolute Gasteiger partial charge is 0.353 e. The highest BCUT2D eigenvalue weighted by molar-refractivity contribution is 9.10. The van der Waals surface area contributed by atoms with E-state index < -0.39 is 6.04 Å². The van der Waals surface area contributed by atoms with Gasteiger partial charge in [0.15, 0.2) is 0 Å². The van der Waals surface area contributed by atoms with Crippen LogP contribution in [0.3, 0.4) is 0 Å². The second-order valence-electron chi connectivity index (χ2n) is 4.10. The van der Waals surface area contributed by atoms with E-state index in [4.69, 9.17) is 0 Å². The number of hydrogen-bond acceptors (Lipinski definition) is 2. The van der Waals surface area contributed by atoms with E-state index in [1.165, 1.54) is 4.90 Å². The van der Waals surface area contributed by atoms with Crippen LogP contribution in [0.2, 0.25) is 0 Å². The van der Waals surface area contributed by atoms with Gasteiger partial charge in [0, 0.05) is 23.2 Å². The van der Waals surface area contributed by atoms with Gasteiger partial charge in [-0.3, -0.25) is 4.79 Å². The molecule has 1 aliphatic heterocycles. The van der Waals surface area contributed by atoms with Crippen LogP contribution >= 0.6 is 15.9 Å². The molecule has 0 bridgehead atoms. The lowest BCUT2D eigenvalue weighted by Crippen LogP contribution is -2.56. The lowest BCUT2D eigenvalue weighted by Gasteiger charge is -2.32. The van der Waals surface area contributed by atoms with Crippen molar-refractivity contribution in [3.8, 4) is 0 Å². The van der Waals surface area contributed by atoms with Crippen molar-refractivity contribution in [3.05, 3.63) is 28.7 Å². The Hall–Kier alpha value is -1.56. The molecule has 1 aliphatic rings. The number of nitrogens with zero attached hydrogens (tertiary/aromatic N) is 1. The molecule has 1 saturated heterocycles. The second-order valence-corrected chi connectivity index (χ2v) is 5.02.